The van der Waals surface area contributed by atoms with E-state index in [1.165, 1.54) is 54.4 Å². The standard InChI is InChI=1S/C48H32N4/c1-3-15-32(16-4-1)46-39-23-9-11-24-42(39)49-48(50-46)33-17-13-20-35(28-33)51-43-25-12-10-22-37(43)40-29-45-41(30-44(40)51)38-27-26-31-14-7-8-21-36(31)47(38)52(45)34-18-5-2-6-19-34/h1-30,48-49H. The lowest BCUT2D eigenvalue weighted by atomic mass is 9.97. The number of hydrogen-bond donors (Lipinski definition) is 1. The molecule has 10 aromatic rings. The minimum atomic E-state index is -0.234. The highest BCUT2D eigenvalue weighted by molar-refractivity contribution is 6.23. The molecular formula is C48H32N4. The van der Waals surface area contributed by atoms with Crippen LogP contribution in [0.25, 0.3) is 65.8 Å². The number of rotatable bonds is 4. The Morgan fingerprint density at radius 2 is 1.12 bits per heavy atom. The number of nitrogens with one attached hydrogen (secondary N) is 1. The van der Waals surface area contributed by atoms with Gasteiger partial charge in [0.1, 0.15) is 6.17 Å². The summed E-state index contributed by atoms with van der Waals surface area (Å²) in [6.07, 6.45) is -0.234. The van der Waals surface area contributed by atoms with Crippen molar-refractivity contribution in [2.24, 2.45) is 4.99 Å². The molecule has 0 bridgehead atoms. The molecule has 0 fully saturated rings. The van der Waals surface area contributed by atoms with Crippen molar-refractivity contribution in [1.82, 2.24) is 9.13 Å². The highest BCUT2D eigenvalue weighted by atomic mass is 15.1. The van der Waals surface area contributed by atoms with E-state index in [1.54, 1.807) is 0 Å². The smallest absolute Gasteiger partial charge is 0.145 e. The zero-order valence-electron chi connectivity index (χ0n) is 28.2. The van der Waals surface area contributed by atoms with E-state index in [2.05, 4.69) is 196 Å². The molecule has 0 saturated carbocycles. The van der Waals surface area contributed by atoms with Gasteiger partial charge in [0.05, 0.1) is 27.8 Å². The summed E-state index contributed by atoms with van der Waals surface area (Å²) in [7, 11) is 0. The van der Waals surface area contributed by atoms with E-state index in [-0.39, 0.29) is 6.17 Å². The summed E-state index contributed by atoms with van der Waals surface area (Å²) in [5.41, 5.74) is 12.5. The van der Waals surface area contributed by atoms with Gasteiger partial charge in [0.25, 0.3) is 0 Å². The predicted molar refractivity (Wildman–Crippen MR) is 218 cm³/mol. The molecule has 11 rings (SSSR count). The molecule has 0 spiro atoms. The lowest BCUT2D eigenvalue weighted by molar-refractivity contribution is 0.826. The van der Waals surface area contributed by atoms with Gasteiger partial charge in [-0.15, -0.1) is 0 Å². The molecule has 4 heteroatoms. The van der Waals surface area contributed by atoms with Crippen LogP contribution in [0.15, 0.2) is 187 Å². The largest absolute Gasteiger partial charge is 0.360 e. The molecule has 0 aliphatic carbocycles. The summed E-state index contributed by atoms with van der Waals surface area (Å²) in [6.45, 7) is 0. The van der Waals surface area contributed by atoms with Crippen molar-refractivity contribution < 1.29 is 0 Å². The monoisotopic (exact) mass is 664 g/mol. The molecule has 244 valence electrons. The van der Waals surface area contributed by atoms with Gasteiger partial charge in [-0.05, 0) is 59.5 Å². The Hall–Kier alpha value is -6.91. The Bertz CT molecular complexity index is 3040. The van der Waals surface area contributed by atoms with Gasteiger partial charge in [-0.3, -0.25) is 4.99 Å². The number of para-hydroxylation sites is 3. The van der Waals surface area contributed by atoms with Crippen LogP contribution in [0.4, 0.5) is 5.69 Å². The van der Waals surface area contributed by atoms with Crippen LogP contribution >= 0.6 is 0 Å². The van der Waals surface area contributed by atoms with Crippen LogP contribution in [0, 0.1) is 0 Å². The Labute approximate surface area is 300 Å². The maximum Gasteiger partial charge on any atom is 0.145 e. The van der Waals surface area contributed by atoms with Crippen LogP contribution in [0.1, 0.15) is 22.9 Å². The second-order valence-electron chi connectivity index (χ2n) is 13.6. The topological polar surface area (TPSA) is 34.2 Å². The second-order valence-corrected chi connectivity index (χ2v) is 13.6. The SMILES string of the molecule is c1ccc(C2=NC(c3cccc(-n4c5ccccc5c5cc6c(cc54)c4ccc5ccccc5c4n6-c4ccccc4)c3)Nc3ccccc32)cc1. The van der Waals surface area contributed by atoms with Crippen LogP contribution in [0.2, 0.25) is 0 Å². The zero-order chi connectivity index (χ0) is 34.2. The second kappa shape index (κ2) is 11.3. The summed E-state index contributed by atoms with van der Waals surface area (Å²) < 4.78 is 4.88. The summed E-state index contributed by atoms with van der Waals surface area (Å²) >= 11 is 0. The fraction of sp³-hybridized carbons (Fsp3) is 0.0208. The first-order valence-corrected chi connectivity index (χ1v) is 17.8. The van der Waals surface area contributed by atoms with Crippen molar-refractivity contribution in [3.8, 4) is 11.4 Å². The fourth-order valence-corrected chi connectivity index (χ4v) is 8.37. The Balaban J connectivity index is 1.16. The van der Waals surface area contributed by atoms with Crippen molar-refractivity contribution in [2.75, 3.05) is 5.32 Å². The number of nitrogens with zero attached hydrogens (tertiary/aromatic N) is 3. The molecule has 3 heterocycles. The van der Waals surface area contributed by atoms with E-state index in [0.717, 1.165) is 39.5 Å². The fourth-order valence-electron chi connectivity index (χ4n) is 8.37. The molecule has 0 radical (unpaired) electrons. The third-order valence-corrected chi connectivity index (χ3v) is 10.7. The average Bonchev–Trinajstić information content (AvgIpc) is 3.72. The van der Waals surface area contributed by atoms with Gasteiger partial charge in [-0.2, -0.15) is 0 Å². The van der Waals surface area contributed by atoms with Gasteiger partial charge >= 0.3 is 0 Å². The number of hydrogen-bond acceptors (Lipinski definition) is 2. The number of fused-ring (bicyclic) bond motifs is 9. The molecule has 52 heavy (non-hydrogen) atoms. The number of aromatic nitrogens is 2. The van der Waals surface area contributed by atoms with Crippen LogP contribution < -0.4 is 5.32 Å². The van der Waals surface area contributed by atoms with Crippen molar-refractivity contribution in [1.29, 1.82) is 0 Å². The summed E-state index contributed by atoms with van der Waals surface area (Å²) in [5, 5.41) is 11.2. The van der Waals surface area contributed by atoms with Gasteiger partial charge in [0.15, 0.2) is 0 Å². The van der Waals surface area contributed by atoms with E-state index in [4.69, 9.17) is 4.99 Å². The highest BCUT2D eigenvalue weighted by Crippen LogP contribution is 2.42. The molecule has 1 aliphatic heterocycles. The van der Waals surface area contributed by atoms with Crippen LogP contribution in [-0.4, -0.2) is 14.8 Å². The quantitative estimate of drug-likeness (QED) is 0.200. The molecule has 8 aromatic carbocycles. The van der Waals surface area contributed by atoms with Gasteiger partial charge in [-0.1, -0.05) is 133 Å². The average molecular weight is 665 g/mol. The van der Waals surface area contributed by atoms with Gasteiger partial charge in [0.2, 0.25) is 0 Å². The van der Waals surface area contributed by atoms with E-state index >= 15 is 0 Å². The Kier molecular flexibility index (Phi) is 6.28. The Morgan fingerprint density at radius 1 is 0.442 bits per heavy atom. The first kappa shape index (κ1) is 28.9. The van der Waals surface area contributed by atoms with E-state index in [9.17, 15) is 0 Å². The van der Waals surface area contributed by atoms with Crippen molar-refractivity contribution in [3.05, 3.63) is 199 Å². The van der Waals surface area contributed by atoms with Gasteiger partial charge in [-0.25, -0.2) is 0 Å². The normalized spacial score (nSPS) is 14.2. The molecule has 1 atom stereocenters. The van der Waals surface area contributed by atoms with E-state index in [0.29, 0.717) is 0 Å². The van der Waals surface area contributed by atoms with Crippen molar-refractivity contribution in [3.63, 3.8) is 0 Å². The van der Waals surface area contributed by atoms with Crippen molar-refractivity contribution in [2.45, 2.75) is 6.17 Å². The number of benzene rings is 8. The zero-order valence-corrected chi connectivity index (χ0v) is 28.2. The maximum absolute atomic E-state index is 5.34. The molecule has 4 nitrogen and oxygen atoms in total. The number of anilines is 1. The molecule has 1 N–H and O–H groups in total. The van der Waals surface area contributed by atoms with Crippen LogP contribution in [-0.2, 0) is 0 Å². The summed E-state index contributed by atoms with van der Waals surface area (Å²) in [5.74, 6) is 0. The molecule has 1 unspecified atom stereocenters. The number of aliphatic imine (C=N–C) groups is 1. The lowest BCUT2D eigenvalue weighted by Crippen LogP contribution is -2.20. The third kappa shape index (κ3) is 4.31. The summed E-state index contributed by atoms with van der Waals surface area (Å²) in [6, 6.07) is 65.5. The molecule has 0 saturated heterocycles. The molecule has 1 aliphatic rings. The van der Waals surface area contributed by atoms with Gasteiger partial charge < -0.3 is 14.5 Å². The molecule has 0 amide bonds. The lowest BCUT2D eigenvalue weighted by Gasteiger charge is -2.26. The summed E-state index contributed by atoms with van der Waals surface area (Å²) in [4.78, 5) is 5.34. The first-order valence-electron chi connectivity index (χ1n) is 17.8. The third-order valence-electron chi connectivity index (χ3n) is 10.7. The van der Waals surface area contributed by atoms with Crippen molar-refractivity contribution >= 4 is 65.8 Å². The maximum atomic E-state index is 5.34. The molecular weight excluding hydrogens is 633 g/mol. The van der Waals surface area contributed by atoms with E-state index < -0.39 is 0 Å². The van der Waals surface area contributed by atoms with Crippen LogP contribution in [0.3, 0.4) is 0 Å². The minimum Gasteiger partial charge on any atom is -0.360 e. The van der Waals surface area contributed by atoms with Crippen LogP contribution in [0.5, 0.6) is 0 Å². The highest BCUT2D eigenvalue weighted by Gasteiger charge is 2.24. The van der Waals surface area contributed by atoms with E-state index in [1.807, 2.05) is 0 Å². The Morgan fingerprint density at radius 3 is 1.98 bits per heavy atom. The minimum absolute atomic E-state index is 0.234. The first-order chi connectivity index (χ1) is 25.8. The molecule has 2 aromatic heterocycles. The predicted octanol–water partition coefficient (Wildman–Crippen LogP) is 12.0. The van der Waals surface area contributed by atoms with Gasteiger partial charge in [0, 0.05) is 55.1 Å².